The number of aliphatic carboxylic acids is 1. The number of hydrogen-bond acceptors (Lipinski definition) is 6. The maximum Gasteiger partial charge on any atom is 0.322 e. The van der Waals surface area contributed by atoms with Gasteiger partial charge in [0, 0.05) is 5.75 Å². The molecule has 0 aliphatic carbocycles. The molecule has 0 aromatic heterocycles. The topological polar surface area (TPSA) is 151 Å². The van der Waals surface area contributed by atoms with Gasteiger partial charge >= 0.3 is 5.97 Å². The van der Waals surface area contributed by atoms with E-state index in [0.29, 0.717) is 6.42 Å². The quantitative estimate of drug-likeness (QED) is 0.254. The number of carboxylic acid groups (broad SMARTS) is 1. The zero-order chi connectivity index (χ0) is 18.0. The minimum absolute atomic E-state index is 0.124. The van der Waals surface area contributed by atoms with E-state index in [-0.39, 0.29) is 18.2 Å². The fourth-order valence-corrected chi connectivity index (χ4v) is 1.76. The molecule has 0 saturated heterocycles. The lowest BCUT2D eigenvalue weighted by atomic mass is 10.0. The van der Waals surface area contributed by atoms with Crippen molar-refractivity contribution in [3.8, 4) is 0 Å². The molecule has 0 heterocycles. The van der Waals surface area contributed by atoms with Gasteiger partial charge in [0.1, 0.15) is 12.6 Å². The van der Waals surface area contributed by atoms with Crippen LogP contribution >= 0.6 is 12.6 Å². The van der Waals surface area contributed by atoms with Gasteiger partial charge in [-0.2, -0.15) is 12.6 Å². The van der Waals surface area contributed by atoms with E-state index in [9.17, 15) is 19.2 Å². The fourth-order valence-electron chi connectivity index (χ4n) is 1.59. The largest absolute Gasteiger partial charge is 0.480 e. The number of hydrogen-bond donors (Lipinski definition) is 6. The molecule has 6 N–H and O–H groups in total. The SMILES string of the molecule is CC(C)CC(NC(=O)C(N)CS)C(=O)NCC(=O)NCC(=O)O. The summed E-state index contributed by atoms with van der Waals surface area (Å²) in [6.45, 7) is 2.85. The highest BCUT2D eigenvalue weighted by atomic mass is 32.1. The van der Waals surface area contributed by atoms with Crippen LogP contribution in [0, 0.1) is 5.92 Å². The third-order valence-corrected chi connectivity index (χ3v) is 3.13. The number of nitrogens with two attached hydrogens (primary N) is 1. The molecular weight excluding hydrogens is 324 g/mol. The molecule has 2 atom stereocenters. The second-order valence-corrected chi connectivity index (χ2v) is 5.73. The normalized spacial score (nSPS) is 13.1. The van der Waals surface area contributed by atoms with E-state index < -0.39 is 42.3 Å². The van der Waals surface area contributed by atoms with Gasteiger partial charge in [0.05, 0.1) is 12.6 Å². The highest BCUT2D eigenvalue weighted by molar-refractivity contribution is 7.80. The van der Waals surface area contributed by atoms with Crippen molar-refractivity contribution in [1.29, 1.82) is 0 Å². The molecular formula is C13H24N4O5S. The van der Waals surface area contributed by atoms with Gasteiger partial charge in [0.2, 0.25) is 17.7 Å². The predicted molar refractivity (Wildman–Crippen MR) is 86.9 cm³/mol. The molecule has 0 spiro atoms. The number of carboxylic acids is 1. The first kappa shape index (κ1) is 21.2. The van der Waals surface area contributed by atoms with Gasteiger partial charge in [-0.15, -0.1) is 0 Å². The first-order chi connectivity index (χ1) is 10.7. The molecule has 9 nitrogen and oxygen atoms in total. The minimum atomic E-state index is -1.18. The standard InChI is InChI=1S/C13H24N4O5S/c1-7(2)3-9(17-12(21)8(14)6-23)13(22)16-4-10(18)15-5-11(19)20/h7-9,23H,3-6,14H2,1-2H3,(H,15,18)(H,16,22)(H,17,21)(H,19,20). The molecule has 0 aromatic rings. The molecule has 23 heavy (non-hydrogen) atoms. The molecule has 10 heteroatoms. The molecule has 132 valence electrons. The fraction of sp³-hybridized carbons (Fsp3) is 0.692. The molecule has 0 radical (unpaired) electrons. The van der Waals surface area contributed by atoms with Crippen LogP contribution in [0.25, 0.3) is 0 Å². The zero-order valence-electron chi connectivity index (χ0n) is 13.2. The smallest absolute Gasteiger partial charge is 0.322 e. The van der Waals surface area contributed by atoms with Crippen LogP contribution in [0.4, 0.5) is 0 Å². The summed E-state index contributed by atoms with van der Waals surface area (Å²) in [5.74, 6) is -2.60. The van der Waals surface area contributed by atoms with Gasteiger partial charge in [-0.1, -0.05) is 13.8 Å². The van der Waals surface area contributed by atoms with Crippen molar-refractivity contribution in [2.75, 3.05) is 18.8 Å². The molecule has 0 aliphatic heterocycles. The Labute approximate surface area is 140 Å². The lowest BCUT2D eigenvalue weighted by Gasteiger charge is -2.21. The van der Waals surface area contributed by atoms with Crippen LogP contribution in [0.5, 0.6) is 0 Å². The van der Waals surface area contributed by atoms with Crippen LogP contribution in [0.15, 0.2) is 0 Å². The van der Waals surface area contributed by atoms with Crippen molar-refractivity contribution in [2.45, 2.75) is 32.4 Å². The predicted octanol–water partition coefficient (Wildman–Crippen LogP) is -1.91. The van der Waals surface area contributed by atoms with E-state index in [2.05, 4.69) is 28.6 Å². The first-order valence-electron chi connectivity index (χ1n) is 7.10. The second kappa shape index (κ2) is 10.8. The summed E-state index contributed by atoms with van der Waals surface area (Å²) in [5, 5.41) is 15.4. The summed E-state index contributed by atoms with van der Waals surface area (Å²) in [6.07, 6.45) is 0.369. The van der Waals surface area contributed by atoms with Crippen molar-refractivity contribution in [2.24, 2.45) is 11.7 Å². The maximum atomic E-state index is 12.1. The highest BCUT2D eigenvalue weighted by Crippen LogP contribution is 2.05. The lowest BCUT2D eigenvalue weighted by molar-refractivity contribution is -0.138. The molecule has 0 aromatic carbocycles. The minimum Gasteiger partial charge on any atom is -0.480 e. The van der Waals surface area contributed by atoms with E-state index in [0.717, 1.165) is 0 Å². The van der Waals surface area contributed by atoms with Crippen molar-refractivity contribution >= 4 is 36.3 Å². The number of thiol groups is 1. The number of nitrogens with one attached hydrogen (secondary N) is 3. The summed E-state index contributed by atoms with van der Waals surface area (Å²) in [6, 6.07) is -1.67. The van der Waals surface area contributed by atoms with Crippen LogP contribution in [0.1, 0.15) is 20.3 Å². The van der Waals surface area contributed by atoms with Gasteiger partial charge in [-0.25, -0.2) is 0 Å². The summed E-state index contributed by atoms with van der Waals surface area (Å²) in [5.41, 5.74) is 5.55. The van der Waals surface area contributed by atoms with Crippen LogP contribution < -0.4 is 21.7 Å². The van der Waals surface area contributed by atoms with E-state index in [1.807, 2.05) is 13.8 Å². The van der Waals surface area contributed by atoms with E-state index in [4.69, 9.17) is 10.8 Å². The summed E-state index contributed by atoms with van der Waals surface area (Å²) in [4.78, 5) is 45.5. The van der Waals surface area contributed by atoms with E-state index in [1.54, 1.807) is 0 Å². The van der Waals surface area contributed by atoms with Crippen LogP contribution in [0.2, 0.25) is 0 Å². The summed E-state index contributed by atoms with van der Waals surface area (Å²) < 4.78 is 0. The third kappa shape index (κ3) is 9.74. The maximum absolute atomic E-state index is 12.1. The third-order valence-electron chi connectivity index (χ3n) is 2.73. The van der Waals surface area contributed by atoms with Crippen molar-refractivity contribution in [3.63, 3.8) is 0 Å². The number of rotatable bonds is 10. The molecule has 2 unspecified atom stereocenters. The molecule has 0 rings (SSSR count). The average molecular weight is 348 g/mol. The van der Waals surface area contributed by atoms with E-state index in [1.165, 1.54) is 0 Å². The van der Waals surface area contributed by atoms with Crippen LogP contribution in [-0.4, -0.2) is 59.7 Å². The van der Waals surface area contributed by atoms with Crippen LogP contribution in [0.3, 0.4) is 0 Å². The Bertz CT molecular complexity index is 444. The summed E-state index contributed by atoms with van der Waals surface area (Å²) >= 11 is 3.92. The Morgan fingerprint density at radius 1 is 1.09 bits per heavy atom. The molecule has 3 amide bonds. The molecule has 0 fully saturated rings. The Kier molecular flexibility index (Phi) is 9.99. The highest BCUT2D eigenvalue weighted by Gasteiger charge is 2.24. The second-order valence-electron chi connectivity index (χ2n) is 5.37. The van der Waals surface area contributed by atoms with Gasteiger partial charge in [-0.3, -0.25) is 19.2 Å². The van der Waals surface area contributed by atoms with Gasteiger partial charge in [0.15, 0.2) is 0 Å². The molecule has 0 bridgehead atoms. The Morgan fingerprint density at radius 2 is 1.70 bits per heavy atom. The lowest BCUT2D eigenvalue weighted by Crippen LogP contribution is -2.53. The Balaban J connectivity index is 4.54. The van der Waals surface area contributed by atoms with Gasteiger partial charge < -0.3 is 26.8 Å². The van der Waals surface area contributed by atoms with Crippen molar-refractivity contribution < 1.29 is 24.3 Å². The first-order valence-corrected chi connectivity index (χ1v) is 7.73. The average Bonchev–Trinajstić information content (AvgIpc) is 2.48. The molecule has 0 aliphatic rings. The van der Waals surface area contributed by atoms with Crippen molar-refractivity contribution in [3.05, 3.63) is 0 Å². The molecule has 0 saturated carbocycles. The Morgan fingerprint density at radius 3 is 2.17 bits per heavy atom. The van der Waals surface area contributed by atoms with Crippen LogP contribution in [-0.2, 0) is 19.2 Å². The number of amides is 3. The number of carbonyl (C=O) groups is 4. The van der Waals surface area contributed by atoms with Crippen molar-refractivity contribution in [1.82, 2.24) is 16.0 Å². The number of carbonyl (C=O) groups excluding carboxylic acids is 3. The van der Waals surface area contributed by atoms with E-state index >= 15 is 0 Å². The monoisotopic (exact) mass is 348 g/mol. The Hall–Kier alpha value is -1.81. The van der Waals surface area contributed by atoms with Gasteiger partial charge in [0.25, 0.3) is 0 Å². The zero-order valence-corrected chi connectivity index (χ0v) is 14.1. The summed E-state index contributed by atoms with van der Waals surface area (Å²) in [7, 11) is 0. The van der Waals surface area contributed by atoms with Gasteiger partial charge in [-0.05, 0) is 12.3 Å².